The van der Waals surface area contributed by atoms with Gasteiger partial charge >= 0.3 is 0 Å². The van der Waals surface area contributed by atoms with Gasteiger partial charge in [0.25, 0.3) is 5.56 Å². The molecule has 6 heteroatoms. The largest absolute Gasteiger partial charge is 0.312 e. The molecule has 0 N–H and O–H groups in total. The van der Waals surface area contributed by atoms with Crippen molar-refractivity contribution in [3.63, 3.8) is 0 Å². The first-order valence-electron chi connectivity index (χ1n) is 9.87. The number of anilines is 1. The summed E-state index contributed by atoms with van der Waals surface area (Å²) in [6.07, 6.45) is 4.15. The lowest BCUT2D eigenvalue weighted by Crippen LogP contribution is -2.35. The van der Waals surface area contributed by atoms with E-state index in [0.29, 0.717) is 35.5 Å². The number of aryl methyl sites for hydroxylation is 2. The fourth-order valence-electron chi connectivity index (χ4n) is 3.20. The minimum Gasteiger partial charge on any atom is -0.312 e. The van der Waals surface area contributed by atoms with Gasteiger partial charge in [-0.2, -0.15) is 0 Å². The molecule has 31 heavy (non-hydrogen) atoms. The molecule has 3 aromatic rings. The van der Waals surface area contributed by atoms with Gasteiger partial charge in [-0.15, -0.1) is 0 Å². The van der Waals surface area contributed by atoms with E-state index in [1.54, 1.807) is 55.3 Å². The lowest BCUT2D eigenvalue weighted by molar-refractivity contribution is -0.119. The Morgan fingerprint density at radius 1 is 0.806 bits per heavy atom. The number of nitrogens with zero attached hydrogens (tertiary/aromatic N) is 2. The molecule has 0 spiro atoms. The maximum absolute atomic E-state index is 13.3. The molecule has 0 atom stereocenters. The zero-order valence-electron chi connectivity index (χ0n) is 17.1. The lowest BCUT2D eigenvalue weighted by Gasteiger charge is -2.26. The Bertz CT molecular complexity index is 1110. The topological polar surface area (TPSA) is 42.3 Å². The normalized spacial score (nSPS) is 13.2. The average molecular weight is 427 g/mol. The number of rotatable bonds is 2. The van der Waals surface area contributed by atoms with Crippen LogP contribution in [0.4, 0.5) is 14.5 Å². The molecule has 0 radical (unpaired) electrons. The summed E-state index contributed by atoms with van der Waals surface area (Å²) in [5, 5.41) is 0. The summed E-state index contributed by atoms with van der Waals surface area (Å²) in [5.41, 5.74) is 2.25. The maximum atomic E-state index is 13.3. The first-order valence-corrected chi connectivity index (χ1v) is 9.87. The van der Waals surface area contributed by atoms with E-state index in [4.69, 9.17) is 0 Å². The highest BCUT2D eigenvalue weighted by Crippen LogP contribution is 2.22. The van der Waals surface area contributed by atoms with Gasteiger partial charge < -0.3 is 4.90 Å². The van der Waals surface area contributed by atoms with Gasteiger partial charge in [0.05, 0.1) is 5.69 Å². The fraction of sp³-hybridized carbons (Fsp3) is 0.280. The number of aromatic nitrogens is 1. The minimum absolute atomic E-state index is 0. The third-order valence-corrected chi connectivity index (χ3v) is 5.05. The molecule has 4 nitrogen and oxygen atoms in total. The van der Waals surface area contributed by atoms with E-state index in [1.165, 1.54) is 22.8 Å². The van der Waals surface area contributed by atoms with E-state index < -0.39 is 0 Å². The quantitative estimate of drug-likeness (QED) is 0.537. The third-order valence-electron chi connectivity index (χ3n) is 5.05. The van der Waals surface area contributed by atoms with Crippen molar-refractivity contribution in [1.82, 2.24) is 4.57 Å². The Morgan fingerprint density at radius 3 is 2.00 bits per heavy atom. The number of hydrogen-bond acceptors (Lipinski definition) is 2. The number of benzene rings is 2. The second-order valence-electron chi connectivity index (χ2n) is 7.28. The van der Waals surface area contributed by atoms with Crippen molar-refractivity contribution < 1.29 is 13.6 Å². The van der Waals surface area contributed by atoms with Crippen molar-refractivity contribution in [2.75, 3.05) is 11.4 Å². The van der Waals surface area contributed by atoms with Crippen LogP contribution in [-0.4, -0.2) is 17.0 Å². The van der Waals surface area contributed by atoms with Crippen LogP contribution in [0.25, 0.3) is 5.69 Å². The zero-order valence-corrected chi connectivity index (χ0v) is 17.1. The van der Waals surface area contributed by atoms with Gasteiger partial charge in [0, 0.05) is 30.9 Å². The molecule has 2 aromatic carbocycles. The van der Waals surface area contributed by atoms with Gasteiger partial charge in [0.15, 0.2) is 0 Å². The Kier molecular flexibility index (Phi) is 8.25. The van der Waals surface area contributed by atoms with Crippen LogP contribution in [0, 0.1) is 25.5 Å². The molecule has 2 heterocycles. The molecule has 1 aliphatic rings. The van der Waals surface area contributed by atoms with Crippen molar-refractivity contribution in [2.45, 2.75) is 40.5 Å². The van der Waals surface area contributed by atoms with Crippen molar-refractivity contribution in [3.05, 3.63) is 93.9 Å². The van der Waals surface area contributed by atoms with Gasteiger partial charge in [-0.1, -0.05) is 25.6 Å². The highest BCUT2D eigenvalue weighted by atomic mass is 19.1. The molecule has 1 aromatic heterocycles. The molecule has 1 amide bonds. The number of hydrogen-bond donors (Lipinski definition) is 0. The number of pyridine rings is 1. The summed E-state index contributed by atoms with van der Waals surface area (Å²) >= 11 is 0. The van der Waals surface area contributed by atoms with E-state index in [2.05, 4.69) is 0 Å². The standard InChI is InChI=1S/C12H14FNO.C12H10FNO.CH4/c2*1-9-5-6-10(8-11(9)13)14-7-3-2-4-12(14)15;/h5-6,8H,2-4,7H2,1H3;2-8H,1H3;1H4. The van der Waals surface area contributed by atoms with Crippen LogP contribution in [0.5, 0.6) is 0 Å². The Labute approximate surface area is 181 Å². The van der Waals surface area contributed by atoms with Crippen molar-refractivity contribution in [1.29, 1.82) is 0 Å². The first kappa shape index (κ1) is 24.0. The first-order chi connectivity index (χ1) is 14.4. The second kappa shape index (κ2) is 10.7. The number of carbonyl (C=O) groups is 1. The molecule has 1 aliphatic heterocycles. The molecular formula is C25H28F2N2O2. The Morgan fingerprint density at radius 2 is 1.42 bits per heavy atom. The Hall–Kier alpha value is -3.28. The van der Waals surface area contributed by atoms with Crippen LogP contribution in [0.15, 0.2) is 65.6 Å². The SMILES string of the molecule is C.Cc1ccc(-n2ccccc2=O)cc1F.Cc1ccc(N2CCCCC2=O)cc1F. The molecule has 0 bridgehead atoms. The van der Waals surface area contributed by atoms with E-state index in [1.807, 2.05) is 6.07 Å². The molecule has 0 saturated carbocycles. The predicted molar refractivity (Wildman–Crippen MR) is 121 cm³/mol. The predicted octanol–water partition coefficient (Wildman–Crippen LogP) is 5.57. The van der Waals surface area contributed by atoms with E-state index in [9.17, 15) is 18.4 Å². The van der Waals surface area contributed by atoms with Crippen LogP contribution in [-0.2, 0) is 4.79 Å². The number of piperidine rings is 1. The van der Waals surface area contributed by atoms with Gasteiger partial charge in [-0.05, 0) is 68.1 Å². The summed E-state index contributed by atoms with van der Waals surface area (Å²) in [6, 6.07) is 14.5. The number of carbonyl (C=O) groups excluding carboxylic acids is 1. The number of halogens is 2. The Balaban J connectivity index is 0.000000213. The van der Waals surface area contributed by atoms with Crippen LogP contribution in [0.3, 0.4) is 0 Å². The van der Waals surface area contributed by atoms with E-state index in [0.717, 1.165) is 12.8 Å². The van der Waals surface area contributed by atoms with Crippen molar-refractivity contribution in [2.24, 2.45) is 0 Å². The van der Waals surface area contributed by atoms with Gasteiger partial charge in [-0.3, -0.25) is 14.2 Å². The molecule has 0 aliphatic carbocycles. The second-order valence-corrected chi connectivity index (χ2v) is 7.28. The molecule has 1 saturated heterocycles. The summed E-state index contributed by atoms with van der Waals surface area (Å²) < 4.78 is 28.0. The summed E-state index contributed by atoms with van der Waals surface area (Å²) in [5.74, 6) is -0.446. The summed E-state index contributed by atoms with van der Waals surface area (Å²) in [7, 11) is 0. The maximum Gasteiger partial charge on any atom is 0.255 e. The smallest absolute Gasteiger partial charge is 0.255 e. The zero-order chi connectivity index (χ0) is 21.7. The summed E-state index contributed by atoms with van der Waals surface area (Å²) in [6.45, 7) is 4.12. The van der Waals surface area contributed by atoms with Gasteiger partial charge in [-0.25, -0.2) is 8.78 Å². The van der Waals surface area contributed by atoms with Crippen LogP contribution >= 0.6 is 0 Å². The van der Waals surface area contributed by atoms with Crippen LogP contribution in [0.2, 0.25) is 0 Å². The van der Waals surface area contributed by atoms with Crippen LogP contribution < -0.4 is 10.5 Å². The molecule has 1 fully saturated rings. The highest BCUT2D eigenvalue weighted by Gasteiger charge is 2.19. The minimum atomic E-state index is -0.303. The highest BCUT2D eigenvalue weighted by molar-refractivity contribution is 5.93. The summed E-state index contributed by atoms with van der Waals surface area (Å²) in [4.78, 5) is 24.7. The van der Waals surface area contributed by atoms with Crippen LogP contribution in [0.1, 0.15) is 37.8 Å². The molecule has 0 unspecified atom stereocenters. The van der Waals surface area contributed by atoms with E-state index in [-0.39, 0.29) is 30.5 Å². The monoisotopic (exact) mass is 426 g/mol. The van der Waals surface area contributed by atoms with Gasteiger partial charge in [0.2, 0.25) is 5.91 Å². The average Bonchev–Trinajstić information content (AvgIpc) is 2.73. The molecule has 4 rings (SSSR count). The van der Waals surface area contributed by atoms with Crippen molar-refractivity contribution in [3.8, 4) is 5.69 Å². The van der Waals surface area contributed by atoms with Gasteiger partial charge in [0.1, 0.15) is 11.6 Å². The fourth-order valence-corrected chi connectivity index (χ4v) is 3.20. The molecular weight excluding hydrogens is 398 g/mol. The number of amides is 1. The third kappa shape index (κ3) is 5.87. The van der Waals surface area contributed by atoms with E-state index >= 15 is 0 Å². The van der Waals surface area contributed by atoms with Crippen molar-refractivity contribution >= 4 is 11.6 Å². The molecule has 164 valence electrons. The lowest BCUT2D eigenvalue weighted by atomic mass is 10.1.